The van der Waals surface area contributed by atoms with E-state index in [4.69, 9.17) is 4.74 Å². The lowest BCUT2D eigenvalue weighted by Crippen LogP contribution is -2.27. The SMILES string of the molecule is COc1ccccc1C1CC(=O)C2=C(C1)Nc1ccccc1NC2c1ccc(Br)cc1. The van der Waals surface area contributed by atoms with Crippen LogP contribution >= 0.6 is 15.9 Å². The second-order valence-corrected chi connectivity index (χ2v) is 8.88. The van der Waals surface area contributed by atoms with Crippen molar-refractivity contribution < 1.29 is 9.53 Å². The number of methoxy groups -OCH3 is 1. The molecule has 5 rings (SSSR count). The molecule has 31 heavy (non-hydrogen) atoms. The lowest BCUT2D eigenvalue weighted by atomic mass is 9.78. The van der Waals surface area contributed by atoms with Crippen LogP contribution in [-0.4, -0.2) is 12.9 Å². The number of anilines is 2. The van der Waals surface area contributed by atoms with E-state index in [1.54, 1.807) is 7.11 Å². The van der Waals surface area contributed by atoms with Crippen LogP contribution in [0.15, 0.2) is 88.5 Å². The zero-order valence-corrected chi connectivity index (χ0v) is 18.8. The predicted molar refractivity (Wildman–Crippen MR) is 128 cm³/mol. The van der Waals surface area contributed by atoms with Crippen LogP contribution in [0.25, 0.3) is 0 Å². The Morgan fingerprint density at radius 1 is 0.903 bits per heavy atom. The number of nitrogens with one attached hydrogen (secondary N) is 2. The quantitative estimate of drug-likeness (QED) is 0.458. The number of rotatable bonds is 3. The third-order valence-corrected chi connectivity index (χ3v) is 6.62. The van der Waals surface area contributed by atoms with Crippen molar-refractivity contribution in [2.75, 3.05) is 17.7 Å². The van der Waals surface area contributed by atoms with E-state index in [0.717, 1.165) is 50.4 Å². The Kier molecular flexibility index (Phi) is 5.28. The van der Waals surface area contributed by atoms with Gasteiger partial charge in [0.25, 0.3) is 0 Å². The predicted octanol–water partition coefficient (Wildman–Crippen LogP) is 6.44. The highest BCUT2D eigenvalue weighted by Gasteiger charge is 2.36. The molecular weight excluding hydrogens is 452 g/mol. The van der Waals surface area contributed by atoms with E-state index in [9.17, 15) is 4.79 Å². The summed E-state index contributed by atoms with van der Waals surface area (Å²) >= 11 is 3.52. The number of hydrogen-bond acceptors (Lipinski definition) is 4. The van der Waals surface area contributed by atoms with Crippen LogP contribution in [-0.2, 0) is 4.79 Å². The molecule has 2 aliphatic rings. The number of para-hydroxylation sites is 3. The van der Waals surface area contributed by atoms with Gasteiger partial charge in [0.15, 0.2) is 5.78 Å². The lowest BCUT2D eigenvalue weighted by molar-refractivity contribution is -0.116. The molecular formula is C26H23BrN2O2. The van der Waals surface area contributed by atoms with E-state index in [1.165, 1.54) is 0 Å². The van der Waals surface area contributed by atoms with E-state index in [2.05, 4.69) is 50.8 Å². The molecule has 0 spiro atoms. The van der Waals surface area contributed by atoms with Crippen molar-refractivity contribution in [3.8, 4) is 5.75 Å². The monoisotopic (exact) mass is 474 g/mol. The molecule has 0 aromatic heterocycles. The van der Waals surface area contributed by atoms with Gasteiger partial charge in [-0.15, -0.1) is 0 Å². The Labute approximate surface area is 190 Å². The summed E-state index contributed by atoms with van der Waals surface area (Å²) in [6.07, 6.45) is 1.22. The molecule has 1 heterocycles. The summed E-state index contributed by atoms with van der Waals surface area (Å²) in [7, 11) is 1.68. The van der Waals surface area contributed by atoms with E-state index in [-0.39, 0.29) is 17.7 Å². The van der Waals surface area contributed by atoms with Crippen molar-refractivity contribution in [1.29, 1.82) is 0 Å². The van der Waals surface area contributed by atoms with Crippen molar-refractivity contribution in [2.24, 2.45) is 0 Å². The zero-order chi connectivity index (χ0) is 21.4. The summed E-state index contributed by atoms with van der Waals surface area (Å²) in [5.41, 5.74) is 5.94. The van der Waals surface area contributed by atoms with Gasteiger partial charge in [-0.05, 0) is 47.9 Å². The van der Waals surface area contributed by atoms with Crippen LogP contribution in [0.4, 0.5) is 11.4 Å². The number of allylic oxidation sites excluding steroid dienone is 1. The van der Waals surface area contributed by atoms with Crippen molar-refractivity contribution in [3.63, 3.8) is 0 Å². The molecule has 1 aliphatic heterocycles. The molecule has 3 aromatic rings. The molecule has 2 unspecified atom stereocenters. The lowest BCUT2D eigenvalue weighted by Gasteiger charge is -2.30. The summed E-state index contributed by atoms with van der Waals surface area (Å²) in [5, 5.41) is 7.21. The highest BCUT2D eigenvalue weighted by molar-refractivity contribution is 9.10. The van der Waals surface area contributed by atoms with Gasteiger partial charge < -0.3 is 15.4 Å². The highest BCUT2D eigenvalue weighted by atomic mass is 79.9. The van der Waals surface area contributed by atoms with Gasteiger partial charge >= 0.3 is 0 Å². The Morgan fingerprint density at radius 2 is 1.61 bits per heavy atom. The second-order valence-electron chi connectivity index (χ2n) is 7.96. The number of Topliss-reactive ketones (excluding diaryl/α,β-unsaturated/α-hetero) is 1. The number of ether oxygens (including phenoxy) is 1. The van der Waals surface area contributed by atoms with Crippen LogP contribution in [0.5, 0.6) is 5.75 Å². The summed E-state index contributed by atoms with van der Waals surface area (Å²) in [6, 6.07) is 24.1. The first-order chi connectivity index (χ1) is 15.1. The number of carbonyl (C=O) groups is 1. The number of hydrogen-bond donors (Lipinski definition) is 2. The summed E-state index contributed by atoms with van der Waals surface area (Å²) in [4.78, 5) is 13.6. The fraction of sp³-hybridized carbons (Fsp3) is 0.192. The summed E-state index contributed by atoms with van der Waals surface area (Å²) < 4.78 is 6.61. The van der Waals surface area contributed by atoms with Crippen molar-refractivity contribution in [3.05, 3.63) is 99.7 Å². The molecule has 0 amide bonds. The maximum absolute atomic E-state index is 13.6. The molecule has 2 atom stereocenters. The Balaban J connectivity index is 1.61. The van der Waals surface area contributed by atoms with Crippen molar-refractivity contribution in [2.45, 2.75) is 24.8 Å². The molecule has 0 saturated carbocycles. The molecule has 1 aliphatic carbocycles. The number of carbonyl (C=O) groups excluding carboxylic acids is 1. The largest absolute Gasteiger partial charge is 0.496 e. The molecule has 3 aromatic carbocycles. The Bertz CT molecular complexity index is 1170. The fourth-order valence-corrected chi connectivity index (χ4v) is 4.89. The van der Waals surface area contributed by atoms with E-state index in [0.29, 0.717) is 6.42 Å². The van der Waals surface area contributed by atoms with Gasteiger partial charge in [-0.3, -0.25) is 4.79 Å². The summed E-state index contributed by atoms with van der Waals surface area (Å²) in [6.45, 7) is 0. The number of halogens is 1. The molecule has 0 bridgehead atoms. The third kappa shape index (κ3) is 3.74. The van der Waals surface area contributed by atoms with Gasteiger partial charge in [0.2, 0.25) is 0 Å². The average Bonchev–Trinajstić information content (AvgIpc) is 2.96. The number of benzene rings is 3. The van der Waals surface area contributed by atoms with E-state index < -0.39 is 0 Å². The Hall–Kier alpha value is -3.05. The molecule has 0 saturated heterocycles. The maximum atomic E-state index is 13.6. The van der Waals surface area contributed by atoms with E-state index in [1.807, 2.05) is 48.5 Å². The second kappa shape index (κ2) is 8.23. The highest BCUT2D eigenvalue weighted by Crippen LogP contribution is 2.45. The number of ketones is 1. The number of fused-ring (bicyclic) bond motifs is 1. The van der Waals surface area contributed by atoms with Gasteiger partial charge in [-0.25, -0.2) is 0 Å². The van der Waals surface area contributed by atoms with Crippen LogP contribution in [0.2, 0.25) is 0 Å². The fourth-order valence-electron chi connectivity index (χ4n) is 4.62. The Morgan fingerprint density at radius 3 is 2.39 bits per heavy atom. The topological polar surface area (TPSA) is 50.4 Å². The minimum absolute atomic E-state index is 0.0748. The molecule has 2 N–H and O–H groups in total. The van der Waals surface area contributed by atoms with Gasteiger partial charge in [-0.1, -0.05) is 58.4 Å². The van der Waals surface area contributed by atoms with Crippen LogP contribution in [0.3, 0.4) is 0 Å². The van der Waals surface area contributed by atoms with Crippen LogP contribution < -0.4 is 15.4 Å². The van der Waals surface area contributed by atoms with Gasteiger partial charge in [0.05, 0.1) is 24.5 Å². The maximum Gasteiger partial charge on any atom is 0.163 e. The first-order valence-corrected chi connectivity index (χ1v) is 11.2. The molecule has 156 valence electrons. The minimum atomic E-state index is -0.203. The normalized spacial score (nSPS) is 20.1. The van der Waals surface area contributed by atoms with Gasteiger partial charge in [0, 0.05) is 28.1 Å². The van der Waals surface area contributed by atoms with E-state index >= 15 is 0 Å². The van der Waals surface area contributed by atoms with Gasteiger partial charge in [-0.2, -0.15) is 0 Å². The smallest absolute Gasteiger partial charge is 0.163 e. The average molecular weight is 475 g/mol. The van der Waals surface area contributed by atoms with Crippen LogP contribution in [0, 0.1) is 0 Å². The van der Waals surface area contributed by atoms with Crippen molar-refractivity contribution >= 4 is 33.1 Å². The third-order valence-electron chi connectivity index (χ3n) is 6.09. The van der Waals surface area contributed by atoms with Crippen LogP contribution in [0.1, 0.15) is 35.9 Å². The van der Waals surface area contributed by atoms with Crippen molar-refractivity contribution in [1.82, 2.24) is 0 Å². The summed E-state index contributed by atoms with van der Waals surface area (Å²) in [5.74, 6) is 1.07. The minimum Gasteiger partial charge on any atom is -0.496 e. The van der Waals surface area contributed by atoms with Gasteiger partial charge in [0.1, 0.15) is 5.75 Å². The molecule has 0 fully saturated rings. The molecule has 4 nitrogen and oxygen atoms in total. The standard InChI is InChI=1S/C26H23BrN2O2/c1-31-24-9-5-2-6-19(24)17-14-22-25(23(30)15-17)26(16-10-12-18(27)13-11-16)29-21-8-4-3-7-20(21)28-22/h2-13,17,26,28-29H,14-15H2,1H3. The molecule has 0 radical (unpaired) electrons. The first kappa shape index (κ1) is 19.9. The first-order valence-electron chi connectivity index (χ1n) is 10.4. The zero-order valence-electron chi connectivity index (χ0n) is 17.2. The molecule has 5 heteroatoms.